The highest BCUT2D eigenvalue weighted by molar-refractivity contribution is 5.75. The molecule has 2 aliphatic carbocycles. The summed E-state index contributed by atoms with van der Waals surface area (Å²) in [6.45, 7) is 4.41. The first-order valence-corrected chi connectivity index (χ1v) is 11.4. The van der Waals surface area contributed by atoms with Gasteiger partial charge in [0.05, 0.1) is 12.2 Å². The highest BCUT2D eigenvalue weighted by Crippen LogP contribution is 2.48. The summed E-state index contributed by atoms with van der Waals surface area (Å²) in [7, 11) is 1.69. The van der Waals surface area contributed by atoms with E-state index in [1.807, 2.05) is 6.08 Å². The molecule has 1 amide bonds. The van der Waals surface area contributed by atoms with Crippen molar-refractivity contribution in [2.45, 2.75) is 90.3 Å². The highest BCUT2D eigenvalue weighted by Gasteiger charge is 2.43. The number of aliphatic hydroxyl groups is 2. The van der Waals surface area contributed by atoms with Gasteiger partial charge in [-0.3, -0.25) is 4.79 Å². The van der Waals surface area contributed by atoms with Crippen LogP contribution in [0.25, 0.3) is 0 Å². The minimum absolute atomic E-state index is 0.119. The highest BCUT2D eigenvalue weighted by atomic mass is 16.3. The van der Waals surface area contributed by atoms with E-state index in [-0.39, 0.29) is 17.9 Å². The first kappa shape index (κ1) is 23.2. The van der Waals surface area contributed by atoms with E-state index in [4.69, 9.17) is 0 Å². The zero-order valence-corrected chi connectivity index (χ0v) is 18.1. The molecule has 2 aliphatic rings. The van der Waals surface area contributed by atoms with E-state index in [0.29, 0.717) is 24.2 Å². The van der Waals surface area contributed by atoms with Crippen LogP contribution in [-0.2, 0) is 4.79 Å². The largest absolute Gasteiger partial charge is 0.392 e. The molecule has 0 aromatic rings. The van der Waals surface area contributed by atoms with E-state index in [2.05, 4.69) is 31.3 Å². The Morgan fingerprint density at radius 1 is 1.36 bits per heavy atom. The molecule has 28 heavy (non-hydrogen) atoms. The second-order valence-corrected chi connectivity index (χ2v) is 9.05. The standard InChI is InChI=1S/C24H41NO3/c1-4-5-8-17(2)13-20(26)11-12-21-22-15-18(14-19(22)16-23(21)27)9-6-7-10-24(28)25-3/h11-12,14,17,19-23,26-27H,4-10,13,15-16H2,1-3H3,(H,25,28)/t17-,19-,20+,21+,22-,23+/m0/s1. The van der Waals surface area contributed by atoms with Crippen LogP contribution in [0.1, 0.15) is 78.1 Å². The number of carbonyl (C=O) groups is 1. The van der Waals surface area contributed by atoms with Gasteiger partial charge in [0, 0.05) is 19.4 Å². The average Bonchev–Trinajstić information content (AvgIpc) is 3.18. The van der Waals surface area contributed by atoms with Gasteiger partial charge in [-0.25, -0.2) is 0 Å². The first-order valence-electron chi connectivity index (χ1n) is 11.4. The van der Waals surface area contributed by atoms with Gasteiger partial charge in [-0.15, -0.1) is 0 Å². The first-order chi connectivity index (χ1) is 13.4. The lowest BCUT2D eigenvalue weighted by molar-refractivity contribution is -0.120. The third-order valence-corrected chi connectivity index (χ3v) is 6.63. The van der Waals surface area contributed by atoms with E-state index >= 15 is 0 Å². The molecule has 0 radical (unpaired) electrons. The monoisotopic (exact) mass is 391 g/mol. The van der Waals surface area contributed by atoms with Crippen molar-refractivity contribution in [1.82, 2.24) is 5.32 Å². The maximum atomic E-state index is 11.3. The fourth-order valence-corrected chi connectivity index (χ4v) is 4.97. The Kier molecular flexibility index (Phi) is 9.73. The molecule has 4 nitrogen and oxygen atoms in total. The minimum atomic E-state index is -0.406. The van der Waals surface area contributed by atoms with Crippen molar-refractivity contribution in [1.29, 1.82) is 0 Å². The van der Waals surface area contributed by atoms with E-state index in [0.717, 1.165) is 38.5 Å². The second kappa shape index (κ2) is 11.8. The predicted octanol–water partition coefficient (Wildman–Crippen LogP) is 4.37. The molecule has 0 spiro atoms. The lowest BCUT2D eigenvalue weighted by atomic mass is 9.88. The Balaban J connectivity index is 1.77. The minimum Gasteiger partial charge on any atom is -0.392 e. The molecule has 3 N–H and O–H groups in total. The third kappa shape index (κ3) is 7.04. The van der Waals surface area contributed by atoms with Gasteiger partial charge in [0.25, 0.3) is 0 Å². The summed E-state index contributed by atoms with van der Waals surface area (Å²) in [5.41, 5.74) is 1.49. The van der Waals surface area contributed by atoms with Gasteiger partial charge in [0.15, 0.2) is 0 Å². The lowest BCUT2D eigenvalue weighted by Crippen LogP contribution is -2.18. The van der Waals surface area contributed by atoms with Gasteiger partial charge in [0.2, 0.25) is 5.91 Å². The average molecular weight is 392 g/mol. The van der Waals surface area contributed by atoms with Crippen LogP contribution in [0.5, 0.6) is 0 Å². The fourth-order valence-electron chi connectivity index (χ4n) is 4.97. The maximum Gasteiger partial charge on any atom is 0.219 e. The molecule has 0 unspecified atom stereocenters. The number of hydrogen-bond donors (Lipinski definition) is 3. The van der Waals surface area contributed by atoms with Crippen LogP contribution in [0.4, 0.5) is 0 Å². The molecular formula is C24H41NO3. The van der Waals surface area contributed by atoms with E-state index in [1.54, 1.807) is 7.05 Å². The number of hydrogen-bond acceptors (Lipinski definition) is 3. The number of unbranched alkanes of at least 4 members (excludes halogenated alkanes) is 2. The predicted molar refractivity (Wildman–Crippen MR) is 115 cm³/mol. The van der Waals surface area contributed by atoms with Crippen molar-refractivity contribution in [3.8, 4) is 0 Å². The molecule has 6 atom stereocenters. The number of aliphatic hydroxyl groups excluding tert-OH is 2. The molecule has 0 heterocycles. The van der Waals surface area contributed by atoms with Crippen LogP contribution in [0.3, 0.4) is 0 Å². The molecule has 0 aromatic heterocycles. The maximum absolute atomic E-state index is 11.3. The van der Waals surface area contributed by atoms with Crippen LogP contribution in [0.2, 0.25) is 0 Å². The molecule has 1 saturated carbocycles. The molecule has 0 bridgehead atoms. The Morgan fingerprint density at radius 3 is 2.86 bits per heavy atom. The van der Waals surface area contributed by atoms with E-state index in [9.17, 15) is 15.0 Å². The van der Waals surface area contributed by atoms with Crippen LogP contribution >= 0.6 is 0 Å². The fraction of sp³-hybridized carbons (Fsp3) is 0.792. The summed E-state index contributed by atoms with van der Waals surface area (Å²) in [5.74, 6) is 1.76. The van der Waals surface area contributed by atoms with Gasteiger partial charge in [-0.2, -0.15) is 0 Å². The molecule has 2 rings (SSSR count). The molecule has 4 heteroatoms. The van der Waals surface area contributed by atoms with Gasteiger partial charge >= 0.3 is 0 Å². The number of fused-ring (bicyclic) bond motifs is 1. The van der Waals surface area contributed by atoms with Crippen molar-refractivity contribution in [3.63, 3.8) is 0 Å². The summed E-state index contributed by atoms with van der Waals surface area (Å²) in [6.07, 6.45) is 15.7. The molecule has 0 aliphatic heterocycles. The summed E-state index contributed by atoms with van der Waals surface area (Å²) >= 11 is 0. The van der Waals surface area contributed by atoms with Crippen molar-refractivity contribution >= 4 is 5.91 Å². The molecule has 160 valence electrons. The van der Waals surface area contributed by atoms with Crippen LogP contribution in [-0.4, -0.2) is 35.4 Å². The summed E-state index contributed by atoms with van der Waals surface area (Å²) in [4.78, 5) is 11.3. The SMILES string of the molecule is CCCC[C@H](C)C[C@H](O)C=C[C@@H]1[C@H]2CC(CCCCC(=O)NC)=C[C@H]2C[C@H]1O. The van der Waals surface area contributed by atoms with Gasteiger partial charge in [-0.1, -0.05) is 56.9 Å². The van der Waals surface area contributed by atoms with Crippen molar-refractivity contribution in [3.05, 3.63) is 23.8 Å². The molecule has 0 aromatic carbocycles. The number of rotatable bonds is 12. The van der Waals surface area contributed by atoms with Crippen molar-refractivity contribution in [2.75, 3.05) is 7.05 Å². The summed E-state index contributed by atoms with van der Waals surface area (Å²) in [6, 6.07) is 0. The number of amides is 1. The number of nitrogens with one attached hydrogen (secondary N) is 1. The number of carbonyl (C=O) groups excluding carboxylic acids is 1. The summed E-state index contributed by atoms with van der Waals surface area (Å²) in [5, 5.41) is 23.5. The second-order valence-electron chi connectivity index (χ2n) is 9.05. The molecular weight excluding hydrogens is 350 g/mol. The van der Waals surface area contributed by atoms with Crippen LogP contribution in [0, 0.1) is 23.7 Å². The Hall–Kier alpha value is -1.13. The zero-order valence-electron chi connectivity index (χ0n) is 18.1. The van der Waals surface area contributed by atoms with Gasteiger partial charge < -0.3 is 15.5 Å². The lowest BCUT2D eigenvalue weighted by Gasteiger charge is -2.19. The van der Waals surface area contributed by atoms with E-state index < -0.39 is 6.10 Å². The Morgan fingerprint density at radius 2 is 2.14 bits per heavy atom. The third-order valence-electron chi connectivity index (χ3n) is 6.63. The normalized spacial score (nSPS) is 29.0. The molecule has 1 fully saturated rings. The van der Waals surface area contributed by atoms with Crippen molar-refractivity contribution < 1.29 is 15.0 Å². The summed E-state index contributed by atoms with van der Waals surface area (Å²) < 4.78 is 0. The van der Waals surface area contributed by atoms with Gasteiger partial charge in [0.1, 0.15) is 0 Å². The number of allylic oxidation sites excluding steroid dienone is 2. The molecule has 0 saturated heterocycles. The Labute approximate surface area is 171 Å². The Bertz CT molecular complexity index is 542. The van der Waals surface area contributed by atoms with Gasteiger partial charge in [-0.05, 0) is 56.3 Å². The topological polar surface area (TPSA) is 69.6 Å². The van der Waals surface area contributed by atoms with E-state index in [1.165, 1.54) is 24.8 Å². The van der Waals surface area contributed by atoms with Crippen LogP contribution in [0.15, 0.2) is 23.8 Å². The van der Waals surface area contributed by atoms with Crippen molar-refractivity contribution in [2.24, 2.45) is 23.7 Å². The quantitative estimate of drug-likeness (QED) is 0.342. The zero-order chi connectivity index (χ0) is 20.5. The smallest absolute Gasteiger partial charge is 0.219 e. The van der Waals surface area contributed by atoms with Crippen LogP contribution < -0.4 is 5.32 Å².